The Hall–Kier alpha value is -1.09. The highest BCUT2D eigenvalue weighted by molar-refractivity contribution is 7.80. The number of thiocarbonyl (C=S) groups is 1. The molecule has 0 aliphatic carbocycles. The fourth-order valence-corrected chi connectivity index (χ4v) is 2.10. The van der Waals surface area contributed by atoms with Crippen molar-refractivity contribution in [2.45, 2.75) is 51.9 Å². The van der Waals surface area contributed by atoms with E-state index in [4.69, 9.17) is 22.7 Å². The van der Waals surface area contributed by atoms with Gasteiger partial charge >= 0.3 is 0 Å². The van der Waals surface area contributed by atoms with Gasteiger partial charge in [0.05, 0.1) is 6.61 Å². The molecule has 0 unspecified atom stereocenters. The van der Waals surface area contributed by atoms with Crippen molar-refractivity contribution in [3.05, 3.63) is 29.8 Å². The topological polar surface area (TPSA) is 35.2 Å². The zero-order valence-electron chi connectivity index (χ0n) is 11.9. The molecule has 0 aromatic heterocycles. The Labute approximate surface area is 122 Å². The highest BCUT2D eigenvalue weighted by Crippen LogP contribution is 2.13. The van der Waals surface area contributed by atoms with Crippen LogP contribution in [0.4, 0.5) is 0 Å². The first-order chi connectivity index (χ1) is 9.24. The second kappa shape index (κ2) is 9.79. The molecule has 0 fully saturated rings. The Morgan fingerprint density at radius 1 is 1.00 bits per heavy atom. The normalized spacial score (nSPS) is 10.4. The average Bonchev–Trinajstić information content (AvgIpc) is 2.42. The van der Waals surface area contributed by atoms with Gasteiger partial charge in [-0.2, -0.15) is 0 Å². The zero-order chi connectivity index (χ0) is 13.9. The van der Waals surface area contributed by atoms with Crippen LogP contribution in [0.25, 0.3) is 0 Å². The number of nitrogens with two attached hydrogens (primary N) is 1. The zero-order valence-corrected chi connectivity index (χ0v) is 12.7. The predicted octanol–water partition coefficient (Wildman–Crippen LogP) is 4.45. The molecule has 1 aromatic carbocycles. The number of ether oxygens (including phenoxy) is 1. The molecule has 1 aromatic rings. The molecule has 3 heteroatoms. The number of rotatable bonds is 10. The summed E-state index contributed by atoms with van der Waals surface area (Å²) in [6.45, 7) is 3.04. The summed E-state index contributed by atoms with van der Waals surface area (Å²) in [5, 5.41) is 0. The van der Waals surface area contributed by atoms with Crippen LogP contribution in [0.2, 0.25) is 0 Å². The molecule has 0 atom stereocenters. The van der Waals surface area contributed by atoms with E-state index in [0.29, 0.717) is 4.99 Å². The molecule has 0 aliphatic rings. The first-order valence-electron chi connectivity index (χ1n) is 7.26. The minimum atomic E-state index is 0.429. The van der Waals surface area contributed by atoms with Gasteiger partial charge in [-0.05, 0) is 30.7 Å². The highest BCUT2D eigenvalue weighted by atomic mass is 32.1. The molecule has 2 N–H and O–H groups in total. The van der Waals surface area contributed by atoms with E-state index in [1.54, 1.807) is 0 Å². The highest BCUT2D eigenvalue weighted by Gasteiger charge is 1.97. The van der Waals surface area contributed by atoms with Crippen molar-refractivity contribution in [1.82, 2.24) is 0 Å². The van der Waals surface area contributed by atoms with Crippen LogP contribution in [-0.2, 0) is 0 Å². The molecule has 0 amide bonds. The van der Waals surface area contributed by atoms with Gasteiger partial charge in [-0.3, -0.25) is 0 Å². The molecule has 19 heavy (non-hydrogen) atoms. The van der Waals surface area contributed by atoms with Crippen molar-refractivity contribution in [2.24, 2.45) is 5.73 Å². The van der Waals surface area contributed by atoms with Crippen molar-refractivity contribution in [1.29, 1.82) is 0 Å². The number of unbranched alkanes of at least 4 members (excludes halogenated alkanes) is 6. The Morgan fingerprint density at radius 2 is 1.58 bits per heavy atom. The first kappa shape index (κ1) is 16.0. The molecular weight excluding hydrogens is 254 g/mol. The second-order valence-corrected chi connectivity index (χ2v) is 5.30. The van der Waals surface area contributed by atoms with Gasteiger partial charge in [0.25, 0.3) is 0 Å². The van der Waals surface area contributed by atoms with Gasteiger partial charge in [-0.25, -0.2) is 0 Å². The Bertz CT molecular complexity index is 362. The summed E-state index contributed by atoms with van der Waals surface area (Å²) in [6, 6.07) is 7.66. The quantitative estimate of drug-likeness (QED) is 0.507. The van der Waals surface area contributed by atoms with E-state index in [0.717, 1.165) is 24.3 Å². The van der Waals surface area contributed by atoms with Crippen LogP contribution in [0.5, 0.6) is 5.75 Å². The monoisotopic (exact) mass is 279 g/mol. The van der Waals surface area contributed by atoms with E-state index in [2.05, 4.69) is 6.92 Å². The summed E-state index contributed by atoms with van der Waals surface area (Å²) in [6.07, 6.45) is 9.12. The van der Waals surface area contributed by atoms with Crippen molar-refractivity contribution < 1.29 is 4.74 Å². The number of hydrogen-bond donors (Lipinski definition) is 1. The lowest BCUT2D eigenvalue weighted by atomic mass is 10.1. The van der Waals surface area contributed by atoms with Gasteiger partial charge in [-0.15, -0.1) is 0 Å². The average molecular weight is 279 g/mol. The summed E-state index contributed by atoms with van der Waals surface area (Å²) in [5.41, 5.74) is 6.43. The van der Waals surface area contributed by atoms with Crippen molar-refractivity contribution in [3.8, 4) is 5.75 Å². The predicted molar refractivity (Wildman–Crippen MR) is 85.8 cm³/mol. The second-order valence-electron chi connectivity index (χ2n) is 4.86. The minimum absolute atomic E-state index is 0.429. The summed E-state index contributed by atoms with van der Waals surface area (Å²) >= 11 is 4.91. The van der Waals surface area contributed by atoms with Crippen LogP contribution >= 0.6 is 12.2 Å². The maximum absolute atomic E-state index is 5.68. The molecule has 1 rings (SSSR count). The van der Waals surface area contributed by atoms with Gasteiger partial charge in [0.15, 0.2) is 0 Å². The van der Waals surface area contributed by atoms with Gasteiger partial charge in [0.1, 0.15) is 10.7 Å². The van der Waals surface area contributed by atoms with Crippen molar-refractivity contribution in [2.75, 3.05) is 6.61 Å². The van der Waals surface area contributed by atoms with Crippen LogP contribution in [0.1, 0.15) is 57.4 Å². The molecule has 0 saturated carbocycles. The largest absolute Gasteiger partial charge is 0.494 e. The van der Waals surface area contributed by atoms with E-state index in [1.165, 1.54) is 38.5 Å². The van der Waals surface area contributed by atoms with Crippen LogP contribution < -0.4 is 10.5 Å². The van der Waals surface area contributed by atoms with E-state index in [-0.39, 0.29) is 0 Å². The number of hydrogen-bond acceptors (Lipinski definition) is 2. The lowest BCUT2D eigenvalue weighted by Crippen LogP contribution is -2.08. The van der Waals surface area contributed by atoms with Gasteiger partial charge in [0, 0.05) is 5.56 Å². The molecule has 0 aliphatic heterocycles. The maximum atomic E-state index is 5.68. The fourth-order valence-electron chi connectivity index (χ4n) is 1.96. The molecule has 0 bridgehead atoms. The van der Waals surface area contributed by atoms with E-state index >= 15 is 0 Å². The molecule has 106 valence electrons. The fraction of sp³-hybridized carbons (Fsp3) is 0.562. The van der Waals surface area contributed by atoms with E-state index < -0.39 is 0 Å². The standard InChI is InChI=1S/C16H25NOS/c1-2-3-4-5-6-7-8-13-18-15-11-9-14(10-12-15)16(17)19/h9-12H,2-8,13H2,1H3,(H2,17,19). The third kappa shape index (κ3) is 7.16. The third-order valence-electron chi connectivity index (χ3n) is 3.16. The van der Waals surface area contributed by atoms with Crippen molar-refractivity contribution in [3.63, 3.8) is 0 Å². The minimum Gasteiger partial charge on any atom is -0.494 e. The van der Waals surface area contributed by atoms with E-state index in [1.807, 2.05) is 24.3 Å². The van der Waals surface area contributed by atoms with Gasteiger partial charge in [0.2, 0.25) is 0 Å². The summed E-state index contributed by atoms with van der Waals surface area (Å²) in [7, 11) is 0. The van der Waals surface area contributed by atoms with Crippen LogP contribution in [-0.4, -0.2) is 11.6 Å². The summed E-state index contributed by atoms with van der Waals surface area (Å²) in [5.74, 6) is 0.894. The molecule has 0 saturated heterocycles. The number of benzene rings is 1. The molecule has 0 spiro atoms. The van der Waals surface area contributed by atoms with Gasteiger partial charge in [-0.1, -0.05) is 57.7 Å². The summed E-state index contributed by atoms with van der Waals surface area (Å²) < 4.78 is 5.68. The van der Waals surface area contributed by atoms with Crippen LogP contribution in [0, 0.1) is 0 Å². The Balaban J connectivity index is 2.07. The lowest BCUT2D eigenvalue weighted by molar-refractivity contribution is 0.304. The molecular formula is C16H25NOS. The SMILES string of the molecule is CCCCCCCCCOc1ccc(C(N)=S)cc1. The van der Waals surface area contributed by atoms with E-state index in [9.17, 15) is 0 Å². The smallest absolute Gasteiger partial charge is 0.119 e. The lowest BCUT2D eigenvalue weighted by Gasteiger charge is -2.07. The van der Waals surface area contributed by atoms with Crippen LogP contribution in [0.3, 0.4) is 0 Å². The maximum Gasteiger partial charge on any atom is 0.119 e. The molecule has 0 heterocycles. The first-order valence-corrected chi connectivity index (χ1v) is 7.67. The Kier molecular flexibility index (Phi) is 8.23. The molecule has 2 nitrogen and oxygen atoms in total. The van der Waals surface area contributed by atoms with Crippen molar-refractivity contribution >= 4 is 17.2 Å². The molecule has 0 radical (unpaired) electrons. The summed E-state index contributed by atoms with van der Waals surface area (Å²) in [4.78, 5) is 0.429. The third-order valence-corrected chi connectivity index (χ3v) is 3.39. The van der Waals surface area contributed by atoms with Gasteiger partial charge < -0.3 is 10.5 Å². The van der Waals surface area contributed by atoms with Crippen LogP contribution in [0.15, 0.2) is 24.3 Å². The Morgan fingerprint density at radius 3 is 2.16 bits per heavy atom.